The summed E-state index contributed by atoms with van der Waals surface area (Å²) in [4.78, 5) is 4.63. The average molecular weight is 253 g/mol. The summed E-state index contributed by atoms with van der Waals surface area (Å²) in [6.45, 7) is 2.87. The number of anilines is 1. The number of imidazole rings is 1. The first-order chi connectivity index (χ1) is 9.33. The van der Waals surface area contributed by atoms with E-state index in [9.17, 15) is 0 Å². The fourth-order valence-electron chi connectivity index (χ4n) is 2.04. The summed E-state index contributed by atoms with van der Waals surface area (Å²) in [5.41, 5.74) is 3.29. The van der Waals surface area contributed by atoms with Gasteiger partial charge >= 0.3 is 0 Å². The lowest BCUT2D eigenvalue weighted by Gasteiger charge is -2.01. The first-order valence-electron chi connectivity index (χ1n) is 6.28. The predicted octanol–water partition coefficient (Wildman–Crippen LogP) is 2.09. The van der Waals surface area contributed by atoms with Gasteiger partial charge in [0.2, 0.25) is 0 Å². The van der Waals surface area contributed by atoms with Crippen molar-refractivity contribution >= 4 is 11.5 Å². The van der Waals surface area contributed by atoms with Crippen LogP contribution in [0, 0.1) is 6.92 Å². The van der Waals surface area contributed by atoms with Gasteiger partial charge in [0.05, 0.1) is 5.69 Å². The molecule has 0 fully saturated rings. The SMILES string of the molecule is Cc1cccn2cc(CCNc3cccnn3)nc12. The van der Waals surface area contributed by atoms with Crippen molar-refractivity contribution in [1.82, 2.24) is 19.6 Å². The Morgan fingerprint density at radius 3 is 3.00 bits per heavy atom. The molecule has 5 heteroatoms. The Hall–Kier alpha value is -2.43. The van der Waals surface area contributed by atoms with E-state index >= 15 is 0 Å². The summed E-state index contributed by atoms with van der Waals surface area (Å²) < 4.78 is 2.06. The number of aryl methyl sites for hydroxylation is 1. The van der Waals surface area contributed by atoms with E-state index in [2.05, 4.69) is 44.1 Å². The lowest BCUT2D eigenvalue weighted by molar-refractivity contribution is 0.946. The third-order valence-electron chi connectivity index (χ3n) is 2.99. The summed E-state index contributed by atoms with van der Waals surface area (Å²) >= 11 is 0. The standard InChI is InChI=1S/C14H15N5/c1-11-4-3-9-19-10-12(17-14(11)19)6-8-15-13-5-2-7-16-18-13/h2-5,7,9-10H,6,8H2,1H3,(H,15,18). The first-order valence-corrected chi connectivity index (χ1v) is 6.28. The van der Waals surface area contributed by atoms with Crippen LogP contribution in [0.2, 0.25) is 0 Å². The third-order valence-corrected chi connectivity index (χ3v) is 2.99. The zero-order valence-electron chi connectivity index (χ0n) is 10.7. The smallest absolute Gasteiger partial charge is 0.148 e. The van der Waals surface area contributed by atoms with Crippen LogP contribution in [-0.2, 0) is 6.42 Å². The summed E-state index contributed by atoms with van der Waals surface area (Å²) in [7, 11) is 0. The molecule has 0 bridgehead atoms. The quantitative estimate of drug-likeness (QED) is 0.773. The molecule has 0 aliphatic heterocycles. The maximum Gasteiger partial charge on any atom is 0.148 e. The van der Waals surface area contributed by atoms with Crippen LogP contribution < -0.4 is 5.32 Å². The number of nitrogens with one attached hydrogen (secondary N) is 1. The molecule has 3 aromatic rings. The molecule has 19 heavy (non-hydrogen) atoms. The molecule has 3 aromatic heterocycles. The van der Waals surface area contributed by atoms with Crippen LogP contribution in [0.4, 0.5) is 5.82 Å². The van der Waals surface area contributed by atoms with Gasteiger partial charge in [-0.2, -0.15) is 5.10 Å². The van der Waals surface area contributed by atoms with Crippen LogP contribution in [0.15, 0.2) is 42.9 Å². The first kappa shape index (κ1) is 11.6. The molecule has 0 radical (unpaired) electrons. The molecule has 0 aliphatic rings. The molecule has 3 rings (SSSR count). The Morgan fingerprint density at radius 2 is 2.21 bits per heavy atom. The van der Waals surface area contributed by atoms with Crippen LogP contribution in [0.3, 0.4) is 0 Å². The molecular formula is C14H15N5. The van der Waals surface area contributed by atoms with Gasteiger partial charge in [-0.1, -0.05) is 6.07 Å². The Balaban J connectivity index is 1.67. The summed E-state index contributed by atoms with van der Waals surface area (Å²) in [6.07, 6.45) is 6.61. The molecule has 0 saturated heterocycles. The van der Waals surface area contributed by atoms with E-state index in [0.717, 1.165) is 30.1 Å². The molecular weight excluding hydrogens is 238 g/mol. The van der Waals surface area contributed by atoms with Crippen LogP contribution in [0.25, 0.3) is 5.65 Å². The maximum absolute atomic E-state index is 4.63. The topological polar surface area (TPSA) is 55.1 Å². The fourth-order valence-corrected chi connectivity index (χ4v) is 2.04. The molecule has 0 amide bonds. The number of nitrogens with zero attached hydrogens (tertiary/aromatic N) is 4. The van der Waals surface area contributed by atoms with Crippen molar-refractivity contribution in [1.29, 1.82) is 0 Å². The van der Waals surface area contributed by atoms with E-state index < -0.39 is 0 Å². The Bertz CT molecular complexity index is 675. The van der Waals surface area contributed by atoms with Gasteiger partial charge in [-0.15, -0.1) is 5.10 Å². The minimum atomic E-state index is 0.793. The van der Waals surface area contributed by atoms with Gasteiger partial charge in [0.15, 0.2) is 0 Å². The number of hydrogen-bond acceptors (Lipinski definition) is 4. The molecule has 96 valence electrons. The highest BCUT2D eigenvalue weighted by molar-refractivity contribution is 5.48. The van der Waals surface area contributed by atoms with E-state index in [-0.39, 0.29) is 0 Å². The number of fused-ring (bicyclic) bond motifs is 1. The molecule has 1 N–H and O–H groups in total. The van der Waals surface area contributed by atoms with Gasteiger partial charge in [-0.05, 0) is 30.7 Å². The van der Waals surface area contributed by atoms with Gasteiger partial charge in [-0.3, -0.25) is 0 Å². The molecule has 0 unspecified atom stereocenters. The van der Waals surface area contributed by atoms with Crippen molar-refractivity contribution in [3.05, 3.63) is 54.1 Å². The lowest BCUT2D eigenvalue weighted by Crippen LogP contribution is -2.06. The highest BCUT2D eigenvalue weighted by Crippen LogP contribution is 2.10. The number of rotatable bonds is 4. The van der Waals surface area contributed by atoms with E-state index in [1.807, 2.05) is 24.4 Å². The van der Waals surface area contributed by atoms with Gasteiger partial charge in [0.25, 0.3) is 0 Å². The van der Waals surface area contributed by atoms with E-state index in [4.69, 9.17) is 0 Å². The van der Waals surface area contributed by atoms with E-state index in [1.165, 1.54) is 5.56 Å². The Morgan fingerprint density at radius 1 is 1.26 bits per heavy atom. The lowest BCUT2D eigenvalue weighted by atomic mass is 10.3. The van der Waals surface area contributed by atoms with Crippen LogP contribution in [0.1, 0.15) is 11.3 Å². The van der Waals surface area contributed by atoms with E-state index in [1.54, 1.807) is 6.20 Å². The van der Waals surface area contributed by atoms with Crippen LogP contribution in [-0.4, -0.2) is 26.1 Å². The van der Waals surface area contributed by atoms with E-state index in [0.29, 0.717) is 0 Å². The zero-order valence-corrected chi connectivity index (χ0v) is 10.7. The monoisotopic (exact) mass is 253 g/mol. The Kier molecular flexibility index (Phi) is 3.10. The molecule has 0 atom stereocenters. The van der Waals surface area contributed by atoms with Crippen molar-refractivity contribution in [2.75, 3.05) is 11.9 Å². The van der Waals surface area contributed by atoms with Gasteiger partial charge in [0, 0.05) is 31.6 Å². The molecule has 5 nitrogen and oxygen atoms in total. The predicted molar refractivity (Wildman–Crippen MR) is 74.2 cm³/mol. The minimum absolute atomic E-state index is 0.793. The fraction of sp³-hybridized carbons (Fsp3) is 0.214. The van der Waals surface area contributed by atoms with Crippen molar-refractivity contribution in [3.63, 3.8) is 0 Å². The van der Waals surface area contributed by atoms with Crippen LogP contribution >= 0.6 is 0 Å². The average Bonchev–Trinajstić information content (AvgIpc) is 2.84. The second-order valence-electron chi connectivity index (χ2n) is 4.44. The molecule has 0 saturated carbocycles. The zero-order chi connectivity index (χ0) is 13.1. The normalized spacial score (nSPS) is 10.8. The maximum atomic E-state index is 4.63. The molecule has 0 aliphatic carbocycles. The molecule has 3 heterocycles. The van der Waals surface area contributed by atoms with Gasteiger partial charge in [0.1, 0.15) is 11.5 Å². The highest BCUT2D eigenvalue weighted by atomic mass is 15.2. The molecule has 0 spiro atoms. The van der Waals surface area contributed by atoms with Crippen molar-refractivity contribution in [2.24, 2.45) is 0 Å². The largest absolute Gasteiger partial charge is 0.368 e. The summed E-state index contributed by atoms with van der Waals surface area (Å²) in [6, 6.07) is 7.87. The second-order valence-corrected chi connectivity index (χ2v) is 4.44. The second kappa shape index (κ2) is 5.06. The van der Waals surface area contributed by atoms with Crippen molar-refractivity contribution in [3.8, 4) is 0 Å². The summed E-state index contributed by atoms with van der Waals surface area (Å²) in [5.74, 6) is 0.794. The highest BCUT2D eigenvalue weighted by Gasteiger charge is 2.03. The van der Waals surface area contributed by atoms with Gasteiger partial charge < -0.3 is 9.72 Å². The van der Waals surface area contributed by atoms with Crippen molar-refractivity contribution in [2.45, 2.75) is 13.3 Å². The van der Waals surface area contributed by atoms with Crippen LogP contribution in [0.5, 0.6) is 0 Å². The van der Waals surface area contributed by atoms with Gasteiger partial charge in [-0.25, -0.2) is 4.98 Å². The third kappa shape index (κ3) is 2.54. The minimum Gasteiger partial charge on any atom is -0.368 e. The number of hydrogen-bond donors (Lipinski definition) is 1. The number of aromatic nitrogens is 4. The molecule has 0 aromatic carbocycles. The number of pyridine rings is 1. The van der Waals surface area contributed by atoms with Crippen molar-refractivity contribution < 1.29 is 0 Å². The summed E-state index contributed by atoms with van der Waals surface area (Å²) in [5, 5.41) is 11.0. The Labute approximate surface area is 111 Å².